The third kappa shape index (κ3) is 14.6. The second-order valence-corrected chi connectivity index (χ2v) is 26.0. The van der Waals surface area contributed by atoms with Gasteiger partial charge in [-0.3, -0.25) is 19.1 Å². The molecule has 5 unspecified atom stereocenters. The van der Waals surface area contributed by atoms with Crippen LogP contribution in [-0.2, 0) is 35.4 Å². The molecule has 0 aromatic heterocycles. The van der Waals surface area contributed by atoms with Crippen molar-refractivity contribution in [3.63, 3.8) is 0 Å². The van der Waals surface area contributed by atoms with E-state index in [9.17, 15) is 9.90 Å². The van der Waals surface area contributed by atoms with Crippen LogP contribution in [-0.4, -0.2) is 81.5 Å². The Kier molecular flexibility index (Phi) is 18.7. The van der Waals surface area contributed by atoms with Gasteiger partial charge in [0.2, 0.25) is 0 Å². The van der Waals surface area contributed by atoms with Crippen molar-refractivity contribution in [3.05, 3.63) is 119 Å². The van der Waals surface area contributed by atoms with E-state index in [1.807, 2.05) is 99.3 Å². The third-order valence-corrected chi connectivity index (χ3v) is 21.8. The van der Waals surface area contributed by atoms with Crippen molar-refractivity contribution >= 4 is 80.9 Å². The Balaban J connectivity index is 1.35. The van der Waals surface area contributed by atoms with E-state index in [1.54, 1.807) is 65.7 Å². The molecule has 1 N–H and O–H groups in total. The molecule has 0 bridgehead atoms. The van der Waals surface area contributed by atoms with E-state index in [2.05, 4.69) is 37.9 Å². The molecule has 0 saturated heterocycles. The highest BCUT2D eigenvalue weighted by Gasteiger charge is 2.34. The molecule has 17 heteroatoms. The molecule has 4 aromatic rings. The van der Waals surface area contributed by atoms with E-state index in [0.29, 0.717) is 11.3 Å². The maximum Gasteiger partial charge on any atom is 0.150 e. The zero-order chi connectivity index (χ0) is 44.8. The smallest absolute Gasteiger partial charge is 0.150 e. The summed E-state index contributed by atoms with van der Waals surface area (Å²) in [6, 6.07) is 29.5. The number of aromatic hydroxyl groups is 1. The summed E-state index contributed by atoms with van der Waals surface area (Å²) in [5.41, 5.74) is 3.27. The molecule has 0 heterocycles. The van der Waals surface area contributed by atoms with Crippen LogP contribution in [0, 0.1) is 0 Å². The molecule has 0 saturated carbocycles. The summed E-state index contributed by atoms with van der Waals surface area (Å²) < 4.78 is 25.0. The summed E-state index contributed by atoms with van der Waals surface area (Å²) in [5, 5.41) is 21.8. The number of benzene rings is 4. The second-order valence-electron chi connectivity index (χ2n) is 15.4. The van der Waals surface area contributed by atoms with Gasteiger partial charge in [0.05, 0.1) is 39.2 Å². The average Bonchev–Trinajstić information content (AvgIpc) is 3.24. The van der Waals surface area contributed by atoms with Gasteiger partial charge in [-0.1, -0.05) is 62.1 Å². The number of rotatable bonds is 23. The van der Waals surface area contributed by atoms with E-state index in [-0.39, 0.29) is 5.75 Å². The number of hydrogen-bond acceptors (Lipinski definition) is 11. The van der Waals surface area contributed by atoms with Crippen molar-refractivity contribution in [2.75, 3.05) is 21.1 Å². The first-order chi connectivity index (χ1) is 28.9. The molecule has 0 spiro atoms. The molecule has 4 rings (SSSR count). The molecule has 0 fully saturated rings. The molecule has 0 amide bonds. The first-order valence-electron chi connectivity index (χ1n) is 20.0. The fraction of sp³-hybridized carbons (Fsp3) is 0.364. The maximum atomic E-state index is 11.0. The van der Waals surface area contributed by atoms with E-state index < -0.39 is 36.6 Å². The standard InChI is InChI=1S/C44H59N6O5P3S3/c1-10-28-43(5,57(60)49(8)46-30-34-12-20-38(52)21-13-34)55-41-24-16-36(17-25-41)32-47-50(9)58(61)44(6,29-11-2)54-40-22-14-35(15-23-40)31-45-48(7)56(59)42(3,4)53-39-26-18-37(33-51)19-27-39/h12-27,30-33,52,56-58H,10-11,28-29H2,1-9H3/b45-31+,46-30+,47-32+. The van der Waals surface area contributed by atoms with Crippen LogP contribution in [0.3, 0.4) is 0 Å². The summed E-state index contributed by atoms with van der Waals surface area (Å²) in [4.78, 5) is 11.0. The zero-order valence-electron chi connectivity index (χ0n) is 36.4. The molecular formula is C44H59N6O5P3S3. The molecule has 0 aliphatic rings. The summed E-state index contributed by atoms with van der Waals surface area (Å²) in [5.74, 6) is 2.31. The second kappa shape index (κ2) is 23.0. The van der Waals surface area contributed by atoms with Crippen LogP contribution in [0.5, 0.6) is 23.0 Å². The topological polar surface area (TPSA) is 112 Å². The van der Waals surface area contributed by atoms with E-state index in [1.165, 1.54) is 0 Å². The minimum absolute atomic E-state index is 0.211. The fourth-order valence-electron chi connectivity index (χ4n) is 6.33. The highest BCUT2D eigenvalue weighted by molar-refractivity contribution is 8.05. The number of ether oxygens (including phenoxy) is 3. The molecule has 11 nitrogen and oxygen atoms in total. The Bertz CT molecular complexity index is 2210. The van der Waals surface area contributed by atoms with Gasteiger partial charge in [0.1, 0.15) is 45.3 Å². The highest BCUT2D eigenvalue weighted by Crippen LogP contribution is 2.48. The van der Waals surface area contributed by atoms with Crippen LogP contribution < -0.4 is 14.2 Å². The lowest BCUT2D eigenvalue weighted by Gasteiger charge is -2.35. The van der Waals surface area contributed by atoms with E-state index in [4.69, 9.17) is 54.7 Å². The average molecular weight is 941 g/mol. The number of hydrazone groups is 3. The Hall–Kier alpha value is -3.89. The summed E-state index contributed by atoms with van der Waals surface area (Å²) in [7, 11) is 5.67. The largest absolute Gasteiger partial charge is 0.508 e. The number of phenolic OH excluding ortho intramolecular Hbond substituents is 1. The monoisotopic (exact) mass is 940 g/mol. The van der Waals surface area contributed by atoms with Gasteiger partial charge in [-0.05, 0) is 154 Å². The van der Waals surface area contributed by atoms with Gasteiger partial charge in [0.25, 0.3) is 0 Å². The van der Waals surface area contributed by atoms with Crippen LogP contribution in [0.25, 0.3) is 0 Å². The minimum Gasteiger partial charge on any atom is -0.508 e. The first kappa shape index (κ1) is 49.8. The number of phenols is 1. The zero-order valence-corrected chi connectivity index (χ0v) is 41.8. The van der Waals surface area contributed by atoms with Crippen molar-refractivity contribution in [1.82, 2.24) is 14.3 Å². The predicted octanol–water partition coefficient (Wildman–Crippen LogP) is 10.8. The predicted molar refractivity (Wildman–Crippen MR) is 269 cm³/mol. The normalized spacial score (nSPS) is 15.4. The summed E-state index contributed by atoms with van der Waals surface area (Å²) in [6.45, 7) is 7.24. The van der Waals surface area contributed by atoms with E-state index in [0.717, 1.165) is 60.2 Å². The number of aldehydes is 1. The van der Waals surface area contributed by atoms with Gasteiger partial charge in [-0.2, -0.15) is 15.3 Å². The summed E-state index contributed by atoms with van der Waals surface area (Å²) in [6.07, 6.45) is 9.50. The van der Waals surface area contributed by atoms with Crippen molar-refractivity contribution < 1.29 is 24.1 Å². The van der Waals surface area contributed by atoms with Gasteiger partial charge >= 0.3 is 0 Å². The van der Waals surface area contributed by atoms with Gasteiger partial charge in [-0.15, -0.1) is 0 Å². The molecule has 61 heavy (non-hydrogen) atoms. The van der Waals surface area contributed by atoms with Gasteiger partial charge < -0.3 is 19.3 Å². The van der Waals surface area contributed by atoms with Crippen LogP contribution in [0.15, 0.2) is 112 Å². The van der Waals surface area contributed by atoms with Crippen molar-refractivity contribution in [1.29, 1.82) is 0 Å². The van der Waals surface area contributed by atoms with Crippen molar-refractivity contribution in [3.8, 4) is 23.0 Å². The Labute approximate surface area is 379 Å². The minimum atomic E-state index is -1.73. The van der Waals surface area contributed by atoms with Crippen molar-refractivity contribution in [2.45, 2.75) is 83.3 Å². The molecule has 0 aliphatic carbocycles. The Morgan fingerprint density at radius 2 is 0.852 bits per heavy atom. The van der Waals surface area contributed by atoms with Gasteiger partial charge in [0.15, 0.2) is 0 Å². The van der Waals surface area contributed by atoms with Gasteiger partial charge in [-0.25, -0.2) is 0 Å². The van der Waals surface area contributed by atoms with Crippen LogP contribution >= 0.6 is 20.5 Å². The Morgan fingerprint density at radius 3 is 1.20 bits per heavy atom. The highest BCUT2D eigenvalue weighted by atomic mass is 32.4. The van der Waals surface area contributed by atoms with E-state index >= 15 is 0 Å². The lowest BCUT2D eigenvalue weighted by atomic mass is 10.2. The molecule has 0 radical (unpaired) electrons. The number of carbonyl (C=O) groups is 1. The summed E-state index contributed by atoms with van der Waals surface area (Å²) >= 11 is 18.1. The lowest BCUT2D eigenvalue weighted by molar-refractivity contribution is 0.112. The van der Waals surface area contributed by atoms with Crippen LogP contribution in [0.4, 0.5) is 0 Å². The van der Waals surface area contributed by atoms with Gasteiger partial charge in [0, 0.05) is 26.7 Å². The maximum absolute atomic E-state index is 11.0. The Morgan fingerprint density at radius 1 is 0.541 bits per heavy atom. The molecule has 5 atom stereocenters. The van der Waals surface area contributed by atoms with Crippen LogP contribution in [0.2, 0.25) is 0 Å². The quantitative estimate of drug-likeness (QED) is 0.0332. The molecule has 4 aromatic carbocycles. The number of carbonyl (C=O) groups excluding carboxylic acids is 1. The fourth-order valence-corrected chi connectivity index (χ4v) is 11.9. The van der Waals surface area contributed by atoms with Crippen LogP contribution in [0.1, 0.15) is 94.3 Å². The first-order valence-corrected chi connectivity index (χ1v) is 27.7. The molecular weight excluding hydrogens is 882 g/mol. The third-order valence-electron chi connectivity index (χ3n) is 9.62. The molecule has 328 valence electrons. The molecule has 0 aliphatic heterocycles. The number of hydrogen-bond donors (Lipinski definition) is 1. The lowest BCUT2D eigenvalue weighted by Crippen LogP contribution is -2.31. The SMILES string of the molecule is CCCC(C)(Oc1ccc(/C=N/N(C)[PH](=S)C(C)(C)Oc2ccc(C=O)cc2)cc1)[PH](=S)N(C)/N=C/c1ccc(OC(C)(CCC)[PH](=S)N(C)/N=C/c2ccc(O)cc2)cc1. The number of nitrogens with zero attached hydrogens (tertiary/aromatic N) is 6. The van der Waals surface area contributed by atoms with Crippen molar-refractivity contribution in [2.24, 2.45) is 15.3 Å².